The summed E-state index contributed by atoms with van der Waals surface area (Å²) in [6, 6.07) is 0. The first-order valence-electron chi connectivity index (χ1n) is 5.93. The molecule has 1 aromatic rings. The van der Waals surface area contributed by atoms with Crippen molar-refractivity contribution in [1.82, 2.24) is 9.97 Å². The molecule has 6 heteroatoms. The molecule has 102 valence electrons. The van der Waals surface area contributed by atoms with E-state index in [1.807, 2.05) is 0 Å². The molecule has 0 spiro atoms. The fraction of sp³-hybridized carbons (Fsp3) is 0.143. The minimum Gasteiger partial charge on any atom is -0.383 e. The lowest BCUT2D eigenvalue weighted by molar-refractivity contribution is 1.02. The third-order valence-corrected chi connectivity index (χ3v) is 3.13. The molecule has 0 fully saturated rings. The molecule has 1 aromatic heterocycles. The van der Waals surface area contributed by atoms with Crippen LogP contribution in [0.15, 0.2) is 52.4 Å². The predicted octanol–water partition coefficient (Wildman–Crippen LogP) is 2.30. The van der Waals surface area contributed by atoms with Gasteiger partial charge in [-0.05, 0) is 17.2 Å². The van der Waals surface area contributed by atoms with E-state index in [0.717, 1.165) is 22.4 Å². The average Bonchev–Trinajstić information content (AvgIpc) is 2.67. The van der Waals surface area contributed by atoms with Crippen molar-refractivity contribution in [2.45, 2.75) is 6.42 Å². The zero-order chi connectivity index (χ0) is 14.5. The highest BCUT2D eigenvalue weighted by Gasteiger charge is 2.12. The van der Waals surface area contributed by atoms with Gasteiger partial charge in [0.2, 0.25) is 0 Å². The van der Waals surface area contributed by atoms with Crippen LogP contribution in [-0.2, 0) is 6.42 Å². The van der Waals surface area contributed by atoms with E-state index in [4.69, 9.17) is 17.3 Å². The second-order valence-corrected chi connectivity index (χ2v) is 4.52. The molecular formula is C14H14ClN5. The van der Waals surface area contributed by atoms with Crippen LogP contribution in [0.4, 0.5) is 5.82 Å². The van der Waals surface area contributed by atoms with Crippen LogP contribution in [0.5, 0.6) is 0 Å². The van der Waals surface area contributed by atoms with Crippen molar-refractivity contribution in [2.24, 2.45) is 9.98 Å². The largest absolute Gasteiger partial charge is 0.383 e. The van der Waals surface area contributed by atoms with Gasteiger partial charge in [-0.3, -0.25) is 9.98 Å². The minimum absolute atomic E-state index is 0.413. The zero-order valence-electron chi connectivity index (χ0n) is 11.0. The normalized spacial score (nSPS) is 14.9. The van der Waals surface area contributed by atoms with Crippen molar-refractivity contribution in [3.05, 3.63) is 53.7 Å². The van der Waals surface area contributed by atoms with Gasteiger partial charge in [-0.15, -0.1) is 0 Å². The number of fused-ring (bicyclic) bond motifs is 1. The number of nitrogen functional groups attached to an aromatic ring is 1. The van der Waals surface area contributed by atoms with E-state index >= 15 is 0 Å². The van der Waals surface area contributed by atoms with Gasteiger partial charge in [-0.25, -0.2) is 9.97 Å². The van der Waals surface area contributed by atoms with E-state index in [-0.39, 0.29) is 0 Å². The Kier molecular flexibility index (Phi) is 4.42. The maximum atomic E-state index is 5.82. The van der Waals surface area contributed by atoms with Gasteiger partial charge in [0.1, 0.15) is 17.3 Å². The molecule has 0 atom stereocenters. The van der Waals surface area contributed by atoms with Gasteiger partial charge in [0, 0.05) is 25.9 Å². The summed E-state index contributed by atoms with van der Waals surface area (Å²) in [6.45, 7) is 4.00. The third kappa shape index (κ3) is 3.19. The number of hydrogen-bond donors (Lipinski definition) is 1. The Morgan fingerprint density at radius 1 is 1.45 bits per heavy atom. The monoisotopic (exact) mass is 287 g/mol. The van der Waals surface area contributed by atoms with E-state index in [9.17, 15) is 0 Å². The van der Waals surface area contributed by atoms with Crippen molar-refractivity contribution in [2.75, 3.05) is 12.8 Å². The number of halogens is 1. The Labute approximate surface area is 122 Å². The SMILES string of the molecule is C=C(/C=C\C(Cl)=NC)C1=CN=Cc2c(N)ncnc2C1. The zero-order valence-corrected chi connectivity index (χ0v) is 11.8. The van der Waals surface area contributed by atoms with E-state index < -0.39 is 0 Å². The fourth-order valence-electron chi connectivity index (χ4n) is 1.70. The number of rotatable bonds is 3. The second kappa shape index (κ2) is 6.25. The summed E-state index contributed by atoms with van der Waals surface area (Å²) < 4.78 is 0. The number of hydrogen-bond acceptors (Lipinski definition) is 5. The molecule has 0 saturated heterocycles. The Hall–Kier alpha value is -2.27. The summed E-state index contributed by atoms with van der Waals surface area (Å²) in [5.41, 5.74) is 9.14. The maximum Gasteiger partial charge on any atom is 0.135 e. The highest BCUT2D eigenvalue weighted by molar-refractivity contribution is 6.68. The molecule has 2 heterocycles. The summed E-state index contributed by atoms with van der Waals surface area (Å²) in [5, 5.41) is 0.413. The van der Waals surface area contributed by atoms with Crippen molar-refractivity contribution >= 4 is 28.8 Å². The smallest absolute Gasteiger partial charge is 0.135 e. The summed E-state index contributed by atoms with van der Waals surface area (Å²) in [7, 11) is 1.63. The molecule has 0 radical (unpaired) electrons. The van der Waals surface area contributed by atoms with Gasteiger partial charge in [-0.2, -0.15) is 0 Å². The van der Waals surface area contributed by atoms with Gasteiger partial charge >= 0.3 is 0 Å². The van der Waals surface area contributed by atoms with Crippen LogP contribution in [0.2, 0.25) is 0 Å². The van der Waals surface area contributed by atoms with Crippen LogP contribution >= 0.6 is 11.6 Å². The summed E-state index contributed by atoms with van der Waals surface area (Å²) in [5.74, 6) is 0.427. The standard InChI is InChI=1S/C14H14ClN5/c1-9(3-4-13(15)17-2)10-5-12-11(7-18-6-10)14(16)20-8-19-12/h3-4,6-8H,1,5H2,2H3,(H2,16,19,20)/b4-3-,17-13?. The molecule has 0 aromatic carbocycles. The lowest BCUT2D eigenvalue weighted by Crippen LogP contribution is -2.05. The van der Waals surface area contributed by atoms with Crippen LogP contribution in [0, 0.1) is 0 Å². The number of aromatic nitrogens is 2. The first-order valence-corrected chi connectivity index (χ1v) is 6.31. The van der Waals surface area contributed by atoms with Crippen molar-refractivity contribution in [3.8, 4) is 0 Å². The summed E-state index contributed by atoms with van der Waals surface area (Å²) in [4.78, 5) is 16.3. The molecule has 1 aliphatic heterocycles. The first-order chi connectivity index (χ1) is 9.61. The molecular weight excluding hydrogens is 274 g/mol. The first kappa shape index (κ1) is 14.1. The minimum atomic E-state index is 0.413. The van der Waals surface area contributed by atoms with Gasteiger partial charge in [-0.1, -0.05) is 24.3 Å². The number of nitrogens with two attached hydrogens (primary N) is 1. The highest BCUT2D eigenvalue weighted by Crippen LogP contribution is 2.21. The predicted molar refractivity (Wildman–Crippen MR) is 83.3 cm³/mol. The highest BCUT2D eigenvalue weighted by atomic mass is 35.5. The number of allylic oxidation sites excluding steroid dienone is 4. The second-order valence-electron chi connectivity index (χ2n) is 4.13. The Morgan fingerprint density at radius 2 is 2.25 bits per heavy atom. The number of anilines is 1. The van der Waals surface area contributed by atoms with E-state index in [0.29, 0.717) is 17.4 Å². The van der Waals surface area contributed by atoms with Gasteiger partial charge in [0.25, 0.3) is 0 Å². The van der Waals surface area contributed by atoms with Gasteiger partial charge < -0.3 is 5.73 Å². The van der Waals surface area contributed by atoms with Crippen LogP contribution in [0.1, 0.15) is 11.3 Å². The molecule has 2 rings (SSSR count). The van der Waals surface area contributed by atoms with Crippen LogP contribution in [0.3, 0.4) is 0 Å². The maximum absolute atomic E-state index is 5.82. The van der Waals surface area contributed by atoms with Crippen LogP contribution in [-0.4, -0.2) is 28.4 Å². The molecule has 5 nitrogen and oxygen atoms in total. The molecule has 2 N–H and O–H groups in total. The van der Waals surface area contributed by atoms with E-state index in [1.165, 1.54) is 6.33 Å². The van der Waals surface area contributed by atoms with Crippen LogP contribution in [0.25, 0.3) is 0 Å². The van der Waals surface area contributed by atoms with Crippen LogP contribution < -0.4 is 5.73 Å². The van der Waals surface area contributed by atoms with Gasteiger partial charge in [0.05, 0.1) is 11.3 Å². The number of aliphatic imine (C=N–C) groups is 2. The fourth-order valence-corrected chi connectivity index (χ4v) is 1.77. The van der Waals surface area contributed by atoms with E-state index in [2.05, 4.69) is 26.5 Å². The van der Waals surface area contributed by atoms with Gasteiger partial charge in [0.15, 0.2) is 0 Å². The Balaban J connectivity index is 2.25. The topological polar surface area (TPSA) is 76.5 Å². The Bertz CT molecular complexity index is 656. The summed E-state index contributed by atoms with van der Waals surface area (Å²) >= 11 is 5.82. The molecule has 0 amide bonds. The molecule has 0 saturated carbocycles. The molecule has 20 heavy (non-hydrogen) atoms. The molecule has 0 unspecified atom stereocenters. The quantitative estimate of drug-likeness (QED) is 0.684. The van der Waals surface area contributed by atoms with Crippen molar-refractivity contribution in [1.29, 1.82) is 0 Å². The molecule has 0 bridgehead atoms. The van der Waals surface area contributed by atoms with Crippen molar-refractivity contribution < 1.29 is 0 Å². The third-order valence-electron chi connectivity index (χ3n) is 2.84. The molecule has 1 aliphatic rings. The van der Waals surface area contributed by atoms with Crippen molar-refractivity contribution in [3.63, 3.8) is 0 Å². The summed E-state index contributed by atoms with van der Waals surface area (Å²) in [6.07, 6.45) is 8.93. The average molecular weight is 288 g/mol. The van der Waals surface area contributed by atoms with E-state index in [1.54, 1.807) is 31.6 Å². The number of nitrogens with zero attached hydrogens (tertiary/aromatic N) is 4. The lowest BCUT2D eigenvalue weighted by Gasteiger charge is -2.07. The Morgan fingerprint density at radius 3 is 3.00 bits per heavy atom. The molecule has 0 aliphatic carbocycles. The lowest BCUT2D eigenvalue weighted by atomic mass is 10.0.